The van der Waals surface area contributed by atoms with Gasteiger partial charge in [-0.1, -0.05) is 0 Å². The number of carbonyl (C=O) groups excluding carboxylic acids is 3. The number of nitrogens with zero attached hydrogens (tertiary/aromatic N) is 2. The molecule has 0 unspecified atom stereocenters. The summed E-state index contributed by atoms with van der Waals surface area (Å²) in [5.74, 6) is -5.05. The van der Waals surface area contributed by atoms with E-state index in [1.54, 1.807) is 18.2 Å². The number of nitrogens with one attached hydrogen (secondary N) is 6. The topological polar surface area (TPSA) is 216 Å². The number of thiazole rings is 1. The summed E-state index contributed by atoms with van der Waals surface area (Å²) in [4.78, 5) is 57.1. The largest absolute Gasteiger partial charge is 0.383 e. The lowest BCUT2D eigenvalue weighted by molar-refractivity contribution is -0.380. The summed E-state index contributed by atoms with van der Waals surface area (Å²) in [5, 5.41) is 24.9. The van der Waals surface area contributed by atoms with Crippen molar-refractivity contribution in [2.75, 3.05) is 87.1 Å². The molecule has 0 fully saturated rings. The third-order valence-electron chi connectivity index (χ3n) is 7.77. The summed E-state index contributed by atoms with van der Waals surface area (Å²) < 4.78 is 60.0. The van der Waals surface area contributed by atoms with E-state index in [9.17, 15) is 37.7 Å². The molecule has 318 valence electrons. The smallest absolute Gasteiger partial charge is 0.348 e. The molecule has 0 aliphatic carbocycles. The molecule has 0 spiro atoms. The summed E-state index contributed by atoms with van der Waals surface area (Å²) in [6.45, 7) is 6.69. The van der Waals surface area contributed by atoms with Gasteiger partial charge in [0.1, 0.15) is 11.5 Å². The van der Waals surface area contributed by atoms with Crippen LogP contribution in [0.15, 0.2) is 48.5 Å². The minimum atomic E-state index is -1.33. The zero-order valence-electron chi connectivity index (χ0n) is 31.9. The van der Waals surface area contributed by atoms with Gasteiger partial charge in [-0.15, -0.1) is 0 Å². The fourth-order valence-electron chi connectivity index (χ4n) is 5.03. The summed E-state index contributed by atoms with van der Waals surface area (Å²) >= 11 is 2.65. The van der Waals surface area contributed by atoms with Crippen LogP contribution < -0.4 is 32.1 Å². The van der Waals surface area contributed by atoms with Gasteiger partial charge in [-0.05, 0) is 102 Å². The van der Waals surface area contributed by atoms with Gasteiger partial charge >= 0.3 is 5.00 Å². The van der Waals surface area contributed by atoms with Crippen molar-refractivity contribution in [3.05, 3.63) is 96.5 Å². The molecule has 4 rings (SSSR count). The molecule has 0 saturated heterocycles. The summed E-state index contributed by atoms with van der Waals surface area (Å²) in [6.07, 6.45) is 0.518. The number of halogens is 4. The van der Waals surface area contributed by atoms with Crippen molar-refractivity contribution in [2.45, 2.75) is 20.3 Å². The summed E-state index contributed by atoms with van der Waals surface area (Å²) in [6, 6.07) is 10.8. The third kappa shape index (κ3) is 15.3. The molecule has 1 heterocycles. The van der Waals surface area contributed by atoms with E-state index >= 15 is 0 Å². The van der Waals surface area contributed by atoms with Crippen molar-refractivity contribution in [1.82, 2.24) is 15.8 Å². The zero-order chi connectivity index (χ0) is 42.7. The lowest BCUT2D eigenvalue weighted by atomic mass is 10.1. The van der Waals surface area contributed by atoms with Crippen molar-refractivity contribution in [2.24, 2.45) is 0 Å². The maximum Gasteiger partial charge on any atom is 0.348 e. The average molecular weight is 959 g/mol. The van der Waals surface area contributed by atoms with Gasteiger partial charge in [-0.3, -0.25) is 34.7 Å². The van der Waals surface area contributed by atoms with E-state index in [2.05, 4.69) is 37.0 Å². The van der Waals surface area contributed by atoms with Crippen LogP contribution in [0.2, 0.25) is 0 Å². The first-order valence-electron chi connectivity index (χ1n) is 18.0. The first-order chi connectivity index (χ1) is 28.3. The third-order valence-corrected chi connectivity index (χ3v) is 9.47. The normalized spacial score (nSPS) is 10.9. The molecule has 0 aliphatic rings. The number of rotatable bonds is 25. The van der Waals surface area contributed by atoms with Crippen LogP contribution in [-0.2, 0) is 23.8 Å². The van der Waals surface area contributed by atoms with E-state index in [-0.39, 0.29) is 50.8 Å². The Balaban J connectivity index is 1.00. The minimum Gasteiger partial charge on any atom is -0.383 e. The Labute approximate surface area is 354 Å². The van der Waals surface area contributed by atoms with Gasteiger partial charge in [0.25, 0.3) is 11.8 Å². The molecule has 0 bridgehead atoms. The minimum absolute atomic E-state index is 0.0666. The Hall–Kier alpha value is -4.98. The van der Waals surface area contributed by atoms with Gasteiger partial charge in [-0.2, -0.15) is 0 Å². The van der Waals surface area contributed by atoms with Crippen LogP contribution in [0.5, 0.6) is 0 Å². The van der Waals surface area contributed by atoms with Crippen LogP contribution in [0.1, 0.15) is 39.8 Å². The second-order valence-corrected chi connectivity index (χ2v) is 14.5. The highest BCUT2D eigenvalue weighted by atomic mass is 127. The number of hydroxylamine groups is 1. The van der Waals surface area contributed by atoms with Crippen molar-refractivity contribution < 1.29 is 51.5 Å². The number of nitro groups is 1. The highest BCUT2D eigenvalue weighted by Crippen LogP contribution is 2.31. The molecule has 4 aromatic rings. The van der Waals surface area contributed by atoms with Gasteiger partial charge in [0.05, 0.1) is 79.4 Å². The predicted molar refractivity (Wildman–Crippen MR) is 223 cm³/mol. The fourth-order valence-corrected chi connectivity index (χ4v) is 6.26. The highest BCUT2D eigenvalue weighted by molar-refractivity contribution is 14.1. The predicted octanol–water partition coefficient (Wildman–Crippen LogP) is 6.14. The van der Waals surface area contributed by atoms with Crippen LogP contribution in [0.25, 0.3) is 0 Å². The van der Waals surface area contributed by atoms with E-state index < -0.39 is 39.9 Å². The Morgan fingerprint density at radius 3 is 2.19 bits per heavy atom. The van der Waals surface area contributed by atoms with Crippen molar-refractivity contribution in [1.29, 1.82) is 0 Å². The second kappa shape index (κ2) is 24.2. The fraction of sp³-hybridized carbons (Fsp3) is 0.351. The van der Waals surface area contributed by atoms with Crippen molar-refractivity contribution >= 4 is 84.5 Å². The maximum atomic E-state index is 14.6. The van der Waals surface area contributed by atoms with Crippen LogP contribution in [0.3, 0.4) is 0 Å². The Bertz CT molecular complexity index is 2080. The Morgan fingerprint density at radius 1 is 0.814 bits per heavy atom. The van der Waals surface area contributed by atoms with Gasteiger partial charge in [0.2, 0.25) is 5.91 Å². The first kappa shape index (κ1) is 46.7. The highest BCUT2D eigenvalue weighted by Gasteiger charge is 2.22. The lowest BCUT2D eigenvalue weighted by Gasteiger charge is -2.14. The molecule has 59 heavy (non-hydrogen) atoms. The zero-order valence-corrected chi connectivity index (χ0v) is 34.9. The molecule has 0 atom stereocenters. The summed E-state index contributed by atoms with van der Waals surface area (Å²) in [5.41, 5.74) is 2.48. The number of amides is 3. The SMILES string of the molecule is CC(=O)Nc1cc(NCCOCCOCCOCCNCCCONC(=O)c2ccc(F)c(F)c2Nc2ccc(I)cc2F)ccc1C(=O)Nc1nc(C)c([N+](=O)[O-])s1. The number of anilines is 5. The molecule has 0 radical (unpaired) electrons. The number of ether oxygens (including phenoxy) is 3. The molecular formula is C37H42F3IN8O9S. The van der Waals surface area contributed by atoms with Gasteiger partial charge in [-0.25, -0.2) is 23.6 Å². The number of carbonyl (C=O) groups is 3. The lowest BCUT2D eigenvalue weighted by Crippen LogP contribution is -2.27. The van der Waals surface area contributed by atoms with E-state index in [1.807, 2.05) is 22.6 Å². The number of aromatic nitrogens is 1. The molecule has 3 aromatic carbocycles. The van der Waals surface area contributed by atoms with Gasteiger partial charge in [0, 0.05) is 29.3 Å². The molecule has 1 aromatic heterocycles. The first-order valence-corrected chi connectivity index (χ1v) is 19.9. The standard InChI is InChI=1S/C37H42F3IN8O9S/c1-22-36(49(53)54)59-37(44-22)47-34(51)26-6-5-25(21-31(26)45-23(2)50)43-12-15-56-17-19-57-18-16-55-14-11-42-10-3-13-58-48-35(52)27-7-8-28(38)32(40)33(27)46-30-9-4-24(41)20-29(30)39/h4-9,20-21,42-43,46H,3,10-19H2,1-2H3,(H,45,50)(H,48,52)(H,44,47,51). The van der Waals surface area contributed by atoms with Gasteiger partial charge < -0.3 is 35.5 Å². The molecule has 22 heteroatoms. The number of aryl methyl sites for hydroxylation is 1. The van der Waals surface area contributed by atoms with E-state index in [4.69, 9.17) is 19.0 Å². The molecule has 6 N–H and O–H groups in total. The Kier molecular flexibility index (Phi) is 19.1. The van der Waals surface area contributed by atoms with Crippen molar-refractivity contribution in [3.63, 3.8) is 0 Å². The monoisotopic (exact) mass is 958 g/mol. The second-order valence-electron chi connectivity index (χ2n) is 12.2. The van der Waals surface area contributed by atoms with E-state index in [1.165, 1.54) is 32.0 Å². The van der Waals surface area contributed by atoms with E-state index in [0.717, 1.165) is 23.5 Å². The van der Waals surface area contributed by atoms with Crippen LogP contribution in [0, 0.1) is 38.1 Å². The van der Waals surface area contributed by atoms with Gasteiger partial charge in [0.15, 0.2) is 16.8 Å². The molecule has 3 amide bonds. The Morgan fingerprint density at radius 2 is 1.51 bits per heavy atom. The molecule has 0 aliphatic heterocycles. The number of hydrogen-bond donors (Lipinski definition) is 6. The molecule has 0 saturated carbocycles. The van der Waals surface area contributed by atoms with Crippen LogP contribution in [0.4, 0.5) is 46.1 Å². The number of benzene rings is 3. The van der Waals surface area contributed by atoms with E-state index in [0.29, 0.717) is 75.0 Å². The average Bonchev–Trinajstić information content (AvgIpc) is 3.56. The maximum absolute atomic E-state index is 14.6. The molecule has 17 nitrogen and oxygen atoms in total. The van der Waals surface area contributed by atoms with Crippen LogP contribution >= 0.6 is 33.9 Å². The number of hydrogen-bond acceptors (Lipinski definition) is 14. The van der Waals surface area contributed by atoms with Crippen molar-refractivity contribution in [3.8, 4) is 0 Å². The molecular weight excluding hydrogens is 916 g/mol. The summed E-state index contributed by atoms with van der Waals surface area (Å²) in [7, 11) is 0. The van der Waals surface area contributed by atoms with Crippen LogP contribution in [-0.4, -0.2) is 93.5 Å². The quantitative estimate of drug-likeness (QED) is 0.0191.